The lowest BCUT2D eigenvalue weighted by molar-refractivity contribution is 0.0785. The van der Waals surface area contributed by atoms with Crippen LogP contribution in [0, 0.1) is 5.92 Å². The van der Waals surface area contributed by atoms with E-state index in [1.54, 1.807) is 6.07 Å². The van der Waals surface area contributed by atoms with Crippen LogP contribution in [0.2, 0.25) is 0 Å². The van der Waals surface area contributed by atoms with Crippen molar-refractivity contribution in [1.82, 2.24) is 4.90 Å². The fourth-order valence-electron chi connectivity index (χ4n) is 2.92. The van der Waals surface area contributed by atoms with Gasteiger partial charge in [-0.3, -0.25) is 4.79 Å². The third-order valence-electron chi connectivity index (χ3n) is 4.03. The molecule has 2 aromatic rings. The second kappa shape index (κ2) is 6.78. The molecule has 0 radical (unpaired) electrons. The largest absolute Gasteiger partial charge is 0.472 e. The Labute approximate surface area is 130 Å². The molecule has 112 valence electrons. The maximum atomic E-state index is 12.4. The predicted molar refractivity (Wildman–Crippen MR) is 83.6 cm³/mol. The van der Waals surface area contributed by atoms with Gasteiger partial charge in [0, 0.05) is 19.0 Å². The Bertz CT molecular complexity index is 571. The quantitative estimate of drug-likeness (QED) is 0.948. The molecule has 1 saturated heterocycles. The van der Waals surface area contributed by atoms with E-state index in [9.17, 15) is 4.79 Å². The molecule has 0 spiro atoms. The van der Waals surface area contributed by atoms with Crippen LogP contribution in [0.25, 0.3) is 0 Å². The van der Waals surface area contributed by atoms with Crippen molar-refractivity contribution in [2.45, 2.75) is 5.92 Å². The van der Waals surface area contributed by atoms with Gasteiger partial charge in [-0.15, -0.1) is 12.4 Å². The average Bonchev–Trinajstić information content (AvgIpc) is 3.17. The van der Waals surface area contributed by atoms with Crippen molar-refractivity contribution in [2.75, 3.05) is 19.6 Å². The number of hydrogen-bond donors (Lipinski definition) is 1. The van der Waals surface area contributed by atoms with Crippen molar-refractivity contribution in [3.05, 3.63) is 60.1 Å². The Morgan fingerprint density at radius 1 is 1.24 bits per heavy atom. The van der Waals surface area contributed by atoms with Gasteiger partial charge in [-0.2, -0.15) is 0 Å². The number of nitrogens with two attached hydrogens (primary N) is 1. The molecule has 0 saturated carbocycles. The lowest BCUT2D eigenvalue weighted by Gasteiger charge is -2.16. The number of halogens is 1. The standard InChI is InChI=1S/C16H18N2O2.ClH/c17-8-14-9-18(16(19)13-6-7-20-11-13)10-15(14)12-4-2-1-3-5-12;/h1-7,11,14-15H,8-10,17H2;1H/t14-,15+;/m1./s1. The van der Waals surface area contributed by atoms with E-state index in [2.05, 4.69) is 12.1 Å². The fourth-order valence-corrected chi connectivity index (χ4v) is 2.92. The third kappa shape index (κ3) is 3.12. The van der Waals surface area contributed by atoms with E-state index in [1.165, 1.54) is 18.1 Å². The van der Waals surface area contributed by atoms with Crippen LogP contribution in [-0.4, -0.2) is 30.4 Å². The average molecular weight is 307 g/mol. The van der Waals surface area contributed by atoms with Crippen molar-refractivity contribution < 1.29 is 9.21 Å². The summed E-state index contributed by atoms with van der Waals surface area (Å²) >= 11 is 0. The number of furan rings is 1. The summed E-state index contributed by atoms with van der Waals surface area (Å²) in [4.78, 5) is 14.2. The number of carbonyl (C=O) groups is 1. The molecule has 0 bridgehead atoms. The molecule has 1 aromatic heterocycles. The predicted octanol–water partition coefficient (Wildman–Crippen LogP) is 2.52. The van der Waals surface area contributed by atoms with Crippen LogP contribution in [0.4, 0.5) is 0 Å². The van der Waals surface area contributed by atoms with E-state index < -0.39 is 0 Å². The fraction of sp³-hybridized carbons (Fsp3) is 0.312. The minimum absolute atomic E-state index is 0. The molecular formula is C16H19ClN2O2. The van der Waals surface area contributed by atoms with Gasteiger partial charge in [-0.05, 0) is 24.1 Å². The zero-order valence-electron chi connectivity index (χ0n) is 11.6. The van der Waals surface area contributed by atoms with Crippen molar-refractivity contribution in [3.63, 3.8) is 0 Å². The van der Waals surface area contributed by atoms with Crippen LogP contribution in [0.5, 0.6) is 0 Å². The molecule has 4 nitrogen and oxygen atoms in total. The Hall–Kier alpha value is -1.78. The van der Waals surface area contributed by atoms with E-state index in [-0.39, 0.29) is 18.3 Å². The molecule has 3 rings (SSSR count). The summed E-state index contributed by atoms with van der Waals surface area (Å²) in [7, 11) is 0. The molecular weight excluding hydrogens is 288 g/mol. The molecule has 5 heteroatoms. The summed E-state index contributed by atoms with van der Waals surface area (Å²) in [5.74, 6) is 0.654. The van der Waals surface area contributed by atoms with Crippen LogP contribution in [-0.2, 0) is 0 Å². The van der Waals surface area contributed by atoms with Crippen LogP contribution in [0.15, 0.2) is 53.3 Å². The zero-order chi connectivity index (χ0) is 13.9. The lowest BCUT2D eigenvalue weighted by Crippen LogP contribution is -2.29. The maximum absolute atomic E-state index is 12.4. The Morgan fingerprint density at radius 2 is 2.00 bits per heavy atom. The topological polar surface area (TPSA) is 59.5 Å². The monoisotopic (exact) mass is 306 g/mol. The van der Waals surface area contributed by atoms with E-state index in [0.717, 1.165) is 6.54 Å². The summed E-state index contributed by atoms with van der Waals surface area (Å²) in [5, 5.41) is 0. The van der Waals surface area contributed by atoms with Gasteiger partial charge >= 0.3 is 0 Å². The molecule has 2 heterocycles. The highest BCUT2D eigenvalue weighted by Gasteiger charge is 2.35. The molecule has 2 N–H and O–H groups in total. The molecule has 1 fully saturated rings. The number of nitrogens with zero attached hydrogens (tertiary/aromatic N) is 1. The summed E-state index contributed by atoms with van der Waals surface area (Å²) in [5.41, 5.74) is 7.75. The molecule has 21 heavy (non-hydrogen) atoms. The van der Waals surface area contributed by atoms with E-state index in [4.69, 9.17) is 10.2 Å². The number of benzene rings is 1. The van der Waals surface area contributed by atoms with Gasteiger partial charge in [0.15, 0.2) is 0 Å². The van der Waals surface area contributed by atoms with Crippen molar-refractivity contribution in [1.29, 1.82) is 0 Å². The van der Waals surface area contributed by atoms with E-state index in [0.29, 0.717) is 30.5 Å². The highest BCUT2D eigenvalue weighted by Crippen LogP contribution is 2.32. The first-order valence-electron chi connectivity index (χ1n) is 6.86. The first-order chi connectivity index (χ1) is 9.79. The Kier molecular flexibility index (Phi) is 5.04. The van der Waals surface area contributed by atoms with Crippen molar-refractivity contribution in [3.8, 4) is 0 Å². The van der Waals surface area contributed by atoms with Gasteiger partial charge in [-0.25, -0.2) is 0 Å². The molecule has 1 amide bonds. The number of amides is 1. The van der Waals surface area contributed by atoms with E-state index >= 15 is 0 Å². The minimum atomic E-state index is 0. The Balaban J connectivity index is 0.00000161. The van der Waals surface area contributed by atoms with Gasteiger partial charge in [0.25, 0.3) is 5.91 Å². The van der Waals surface area contributed by atoms with Gasteiger partial charge in [0.2, 0.25) is 0 Å². The summed E-state index contributed by atoms with van der Waals surface area (Å²) in [6.07, 6.45) is 3.02. The van der Waals surface area contributed by atoms with Gasteiger partial charge in [0.1, 0.15) is 6.26 Å². The number of rotatable bonds is 3. The van der Waals surface area contributed by atoms with Crippen molar-refractivity contribution >= 4 is 18.3 Å². The van der Waals surface area contributed by atoms with Gasteiger partial charge in [0.05, 0.1) is 11.8 Å². The highest BCUT2D eigenvalue weighted by molar-refractivity contribution is 5.94. The molecule has 0 aliphatic carbocycles. The van der Waals surface area contributed by atoms with E-state index in [1.807, 2.05) is 23.1 Å². The molecule has 1 aromatic carbocycles. The van der Waals surface area contributed by atoms with Crippen LogP contribution in [0.3, 0.4) is 0 Å². The van der Waals surface area contributed by atoms with Crippen molar-refractivity contribution in [2.24, 2.45) is 11.7 Å². The maximum Gasteiger partial charge on any atom is 0.257 e. The second-order valence-electron chi connectivity index (χ2n) is 5.24. The summed E-state index contributed by atoms with van der Waals surface area (Å²) < 4.78 is 4.99. The molecule has 0 unspecified atom stereocenters. The lowest BCUT2D eigenvalue weighted by atomic mass is 9.89. The third-order valence-corrected chi connectivity index (χ3v) is 4.03. The number of likely N-dealkylation sites (tertiary alicyclic amines) is 1. The van der Waals surface area contributed by atoms with Gasteiger partial charge in [-0.1, -0.05) is 30.3 Å². The molecule has 2 atom stereocenters. The summed E-state index contributed by atoms with van der Waals surface area (Å²) in [6, 6.07) is 12.0. The Morgan fingerprint density at radius 3 is 2.62 bits per heavy atom. The van der Waals surface area contributed by atoms with Gasteiger partial charge < -0.3 is 15.1 Å². The first kappa shape index (κ1) is 15.6. The first-order valence-corrected chi connectivity index (χ1v) is 6.86. The highest BCUT2D eigenvalue weighted by atomic mass is 35.5. The SMILES string of the molecule is Cl.NC[C@@H]1CN(C(=O)c2ccoc2)C[C@H]1c1ccccc1. The molecule has 1 aliphatic heterocycles. The normalized spacial score (nSPS) is 21.1. The van der Waals surface area contributed by atoms with Crippen LogP contribution in [0.1, 0.15) is 21.8 Å². The van der Waals surface area contributed by atoms with Crippen LogP contribution < -0.4 is 5.73 Å². The number of carbonyl (C=O) groups excluding carboxylic acids is 1. The minimum Gasteiger partial charge on any atom is -0.472 e. The zero-order valence-corrected chi connectivity index (χ0v) is 12.5. The second-order valence-corrected chi connectivity index (χ2v) is 5.24. The van der Waals surface area contributed by atoms with Crippen LogP contribution >= 0.6 is 12.4 Å². The smallest absolute Gasteiger partial charge is 0.257 e. The summed E-state index contributed by atoms with van der Waals surface area (Å²) in [6.45, 7) is 2.02. The number of hydrogen-bond acceptors (Lipinski definition) is 3. The molecule has 1 aliphatic rings.